The number of nitrogens with zero attached hydrogens (tertiary/aromatic N) is 4. The first-order valence-corrected chi connectivity index (χ1v) is 9.21. The van der Waals surface area contributed by atoms with Crippen molar-refractivity contribution >= 4 is 11.8 Å². The molecule has 0 spiro atoms. The van der Waals surface area contributed by atoms with Crippen LogP contribution in [0, 0.1) is 30.2 Å². The van der Waals surface area contributed by atoms with E-state index in [1.165, 1.54) is 13.0 Å². The maximum Gasteiger partial charge on any atom is 0.408 e. The number of benzene rings is 1. The summed E-state index contributed by atoms with van der Waals surface area (Å²) in [5.74, 6) is -6.64. The predicted octanol–water partition coefficient (Wildman–Crippen LogP) is 4.69. The van der Waals surface area contributed by atoms with E-state index in [9.17, 15) is 35.5 Å². The minimum absolute atomic E-state index is 0.153. The smallest absolute Gasteiger partial charge is 0.311 e. The summed E-state index contributed by atoms with van der Waals surface area (Å²) in [6, 6.07) is 2.52. The van der Waals surface area contributed by atoms with Gasteiger partial charge in [-0.3, -0.25) is 4.79 Å². The fraction of sp³-hybridized carbons (Fsp3) is 0.316. The number of hydrogen-bond acceptors (Lipinski definition) is 4. The Balaban J connectivity index is 0.00000176. The monoisotopic (exact) mass is 465 g/mol. The van der Waals surface area contributed by atoms with Gasteiger partial charge in [0.05, 0.1) is 12.2 Å². The standard InChI is InChI=1S/C17H12F7N5O.C2H6/c1-8-2-13(29(27-8)7-17(22,23)24)25-16-26-15(30)12(20)6-28(16)5-9-3-10(18)14(21)11(19)4-9;1-2/h2-4,6H,5,7H2,1H3,(H,25,26,30);1-2H3. The zero-order chi connectivity index (χ0) is 24.2. The quantitative estimate of drug-likeness (QED) is 0.439. The molecule has 0 saturated carbocycles. The van der Waals surface area contributed by atoms with Gasteiger partial charge in [-0.15, -0.1) is 0 Å². The van der Waals surface area contributed by atoms with Gasteiger partial charge in [0.25, 0.3) is 0 Å². The van der Waals surface area contributed by atoms with Crippen LogP contribution >= 0.6 is 0 Å². The SMILES string of the molecule is CC.Cc1cc(Nc2nc(=O)c(F)cn2Cc2cc(F)c(F)c(F)c2)n(CC(F)(F)F)n1. The maximum absolute atomic E-state index is 13.7. The Morgan fingerprint density at radius 2 is 1.59 bits per heavy atom. The molecule has 3 aromatic rings. The Morgan fingerprint density at radius 1 is 1.00 bits per heavy atom. The van der Waals surface area contributed by atoms with Crippen LogP contribution in [0.25, 0.3) is 0 Å². The topological polar surface area (TPSA) is 64.7 Å². The number of aryl methyl sites for hydroxylation is 1. The van der Waals surface area contributed by atoms with Gasteiger partial charge in [-0.25, -0.2) is 17.9 Å². The number of aromatic nitrogens is 4. The van der Waals surface area contributed by atoms with Crippen LogP contribution < -0.4 is 10.9 Å². The number of hydrogen-bond donors (Lipinski definition) is 1. The Hall–Kier alpha value is -3.38. The zero-order valence-electron chi connectivity index (χ0n) is 17.1. The Kier molecular flexibility index (Phi) is 7.65. The first-order valence-electron chi connectivity index (χ1n) is 9.21. The molecule has 1 N–H and O–H groups in total. The van der Waals surface area contributed by atoms with E-state index in [0.717, 1.165) is 4.57 Å². The van der Waals surface area contributed by atoms with Crippen molar-refractivity contribution in [2.24, 2.45) is 0 Å². The van der Waals surface area contributed by atoms with Gasteiger partial charge in [0.2, 0.25) is 11.8 Å². The molecule has 0 aliphatic rings. The van der Waals surface area contributed by atoms with Gasteiger partial charge in [0.1, 0.15) is 12.4 Å². The average molecular weight is 465 g/mol. The molecule has 0 aliphatic heterocycles. The normalized spacial score (nSPS) is 11.2. The lowest BCUT2D eigenvalue weighted by Gasteiger charge is -2.16. The van der Waals surface area contributed by atoms with Crippen LogP contribution in [-0.2, 0) is 13.1 Å². The molecule has 2 aromatic heterocycles. The molecular formula is C19H18F7N5O. The van der Waals surface area contributed by atoms with Gasteiger partial charge < -0.3 is 9.88 Å². The molecule has 0 saturated heterocycles. The Labute approximate surface area is 177 Å². The molecule has 3 rings (SSSR count). The summed E-state index contributed by atoms with van der Waals surface area (Å²) < 4.78 is 93.5. The highest BCUT2D eigenvalue weighted by molar-refractivity contribution is 5.49. The van der Waals surface area contributed by atoms with Crippen LogP contribution in [0.1, 0.15) is 25.1 Å². The van der Waals surface area contributed by atoms with Crippen molar-refractivity contribution in [2.75, 3.05) is 5.32 Å². The summed E-state index contributed by atoms with van der Waals surface area (Å²) in [5, 5.41) is 6.12. The maximum atomic E-state index is 13.7. The molecule has 0 aliphatic carbocycles. The first kappa shape index (κ1) is 24.9. The van der Waals surface area contributed by atoms with Crippen molar-refractivity contribution in [3.8, 4) is 0 Å². The van der Waals surface area contributed by atoms with E-state index in [1.54, 1.807) is 0 Å². The van der Waals surface area contributed by atoms with E-state index in [1.807, 2.05) is 13.8 Å². The molecule has 32 heavy (non-hydrogen) atoms. The lowest BCUT2D eigenvalue weighted by molar-refractivity contribution is -0.142. The fourth-order valence-corrected chi connectivity index (χ4v) is 2.63. The Morgan fingerprint density at radius 3 is 2.16 bits per heavy atom. The van der Waals surface area contributed by atoms with Crippen LogP contribution in [0.15, 0.2) is 29.2 Å². The summed E-state index contributed by atoms with van der Waals surface area (Å²) in [7, 11) is 0. The molecule has 13 heteroatoms. The van der Waals surface area contributed by atoms with E-state index in [0.29, 0.717) is 23.0 Å². The summed E-state index contributed by atoms with van der Waals surface area (Å²) in [6.45, 7) is 3.49. The van der Waals surface area contributed by atoms with Crippen LogP contribution in [0.5, 0.6) is 0 Å². The number of anilines is 2. The Bertz CT molecular complexity index is 1130. The minimum atomic E-state index is -4.60. The molecule has 0 bridgehead atoms. The summed E-state index contributed by atoms with van der Waals surface area (Å²) in [6.07, 6.45) is -3.96. The number of nitrogens with one attached hydrogen (secondary N) is 1. The molecule has 0 fully saturated rings. The second kappa shape index (κ2) is 9.83. The van der Waals surface area contributed by atoms with E-state index in [2.05, 4.69) is 15.4 Å². The van der Waals surface area contributed by atoms with Crippen molar-refractivity contribution < 1.29 is 30.7 Å². The third-order valence-corrected chi connectivity index (χ3v) is 3.82. The predicted molar refractivity (Wildman–Crippen MR) is 102 cm³/mol. The third kappa shape index (κ3) is 6.08. The third-order valence-electron chi connectivity index (χ3n) is 3.82. The number of alkyl halides is 3. The molecule has 0 radical (unpaired) electrons. The molecule has 174 valence electrons. The lowest BCUT2D eigenvalue weighted by atomic mass is 10.2. The van der Waals surface area contributed by atoms with E-state index >= 15 is 0 Å². The van der Waals surface area contributed by atoms with Crippen LogP contribution in [0.3, 0.4) is 0 Å². The highest BCUT2D eigenvalue weighted by atomic mass is 19.4. The van der Waals surface area contributed by atoms with E-state index in [4.69, 9.17) is 0 Å². The average Bonchev–Trinajstić information content (AvgIpc) is 3.02. The summed E-state index contributed by atoms with van der Waals surface area (Å²) >= 11 is 0. The minimum Gasteiger partial charge on any atom is -0.311 e. The van der Waals surface area contributed by atoms with Gasteiger partial charge in [0, 0.05) is 12.3 Å². The first-order chi connectivity index (χ1) is 14.9. The molecule has 0 atom stereocenters. The highest BCUT2D eigenvalue weighted by Crippen LogP contribution is 2.23. The summed E-state index contributed by atoms with van der Waals surface area (Å²) in [5.41, 5.74) is -1.26. The van der Waals surface area contributed by atoms with Gasteiger partial charge in [-0.05, 0) is 24.6 Å². The van der Waals surface area contributed by atoms with E-state index in [-0.39, 0.29) is 17.1 Å². The van der Waals surface area contributed by atoms with Crippen molar-refractivity contribution in [1.29, 1.82) is 0 Å². The summed E-state index contributed by atoms with van der Waals surface area (Å²) in [4.78, 5) is 15.0. The zero-order valence-corrected chi connectivity index (χ0v) is 17.1. The van der Waals surface area contributed by atoms with Gasteiger partial charge >= 0.3 is 11.7 Å². The van der Waals surface area contributed by atoms with Crippen molar-refractivity contribution in [3.63, 3.8) is 0 Å². The second-order valence-corrected chi connectivity index (χ2v) is 6.29. The van der Waals surface area contributed by atoms with Gasteiger partial charge in [0.15, 0.2) is 17.5 Å². The van der Waals surface area contributed by atoms with Crippen LogP contribution in [0.4, 0.5) is 42.5 Å². The van der Waals surface area contributed by atoms with Crippen LogP contribution in [-0.4, -0.2) is 25.5 Å². The van der Waals surface area contributed by atoms with Gasteiger partial charge in [-0.2, -0.15) is 27.6 Å². The molecule has 1 aromatic carbocycles. The number of rotatable bonds is 5. The largest absolute Gasteiger partial charge is 0.408 e. The van der Waals surface area contributed by atoms with Gasteiger partial charge in [-0.1, -0.05) is 13.8 Å². The molecule has 2 heterocycles. The van der Waals surface area contributed by atoms with E-state index < -0.39 is 54.0 Å². The second-order valence-electron chi connectivity index (χ2n) is 6.29. The molecule has 0 unspecified atom stereocenters. The molecular weight excluding hydrogens is 447 g/mol. The lowest BCUT2D eigenvalue weighted by Crippen LogP contribution is -2.23. The number of halogens is 7. The van der Waals surface area contributed by atoms with Crippen LogP contribution in [0.2, 0.25) is 0 Å². The molecule has 6 nitrogen and oxygen atoms in total. The van der Waals surface area contributed by atoms with Crippen molar-refractivity contribution in [3.05, 3.63) is 69.3 Å². The molecule has 0 amide bonds. The fourth-order valence-electron chi connectivity index (χ4n) is 2.63. The van der Waals surface area contributed by atoms with Crippen molar-refractivity contribution in [1.82, 2.24) is 19.3 Å². The van der Waals surface area contributed by atoms with Crippen molar-refractivity contribution in [2.45, 2.75) is 40.0 Å². The highest BCUT2D eigenvalue weighted by Gasteiger charge is 2.30.